The minimum Gasteiger partial charge on any atom is -0.465 e. The van der Waals surface area contributed by atoms with Gasteiger partial charge in [-0.1, -0.05) is 17.7 Å². The lowest BCUT2D eigenvalue weighted by atomic mass is 10.0. The summed E-state index contributed by atoms with van der Waals surface area (Å²) in [6, 6.07) is 7.22. The number of halogens is 5. The molecular formula is C25H21ClF4N4O4. The second kappa shape index (κ2) is 12.9. The lowest BCUT2D eigenvalue weighted by molar-refractivity contribution is -0.137. The van der Waals surface area contributed by atoms with E-state index in [1.807, 2.05) is 0 Å². The molecule has 0 radical (unpaired) electrons. The number of anilines is 1. The van der Waals surface area contributed by atoms with Gasteiger partial charge in [-0.25, -0.2) is 9.18 Å². The zero-order valence-electron chi connectivity index (χ0n) is 20.0. The number of amides is 1. The van der Waals surface area contributed by atoms with Crippen molar-refractivity contribution >= 4 is 41.2 Å². The van der Waals surface area contributed by atoms with Gasteiger partial charge in [-0.15, -0.1) is 0 Å². The molecule has 0 fully saturated rings. The second-order valence-corrected chi connectivity index (χ2v) is 7.69. The van der Waals surface area contributed by atoms with Crippen molar-refractivity contribution in [1.82, 2.24) is 4.98 Å². The monoisotopic (exact) mass is 552 g/mol. The summed E-state index contributed by atoms with van der Waals surface area (Å²) in [4.78, 5) is 39.5. The Bertz CT molecular complexity index is 1380. The summed E-state index contributed by atoms with van der Waals surface area (Å²) in [6.45, 7) is 0. The van der Waals surface area contributed by atoms with Crippen LogP contribution in [0.5, 0.6) is 0 Å². The molecule has 0 saturated heterocycles. The first-order valence-electron chi connectivity index (χ1n) is 10.6. The van der Waals surface area contributed by atoms with E-state index in [1.54, 1.807) is 0 Å². The van der Waals surface area contributed by atoms with Crippen molar-refractivity contribution in [2.45, 2.75) is 12.6 Å². The number of carbonyl (C=O) groups excluding carboxylic acids is 3. The van der Waals surface area contributed by atoms with Gasteiger partial charge in [0.15, 0.2) is 0 Å². The number of hydrogen-bond donors (Lipinski definition) is 3. The average Bonchev–Trinajstić information content (AvgIpc) is 2.88. The van der Waals surface area contributed by atoms with Crippen LogP contribution in [0.3, 0.4) is 0 Å². The van der Waals surface area contributed by atoms with Crippen LogP contribution in [0, 0.1) is 11.2 Å². The third-order valence-corrected chi connectivity index (χ3v) is 5.27. The number of pyridine rings is 1. The van der Waals surface area contributed by atoms with Crippen molar-refractivity contribution in [2.75, 3.05) is 19.5 Å². The molecule has 8 nitrogen and oxygen atoms in total. The molecule has 4 N–H and O–H groups in total. The fourth-order valence-corrected chi connectivity index (χ4v) is 3.54. The van der Waals surface area contributed by atoms with Gasteiger partial charge >= 0.3 is 12.1 Å². The summed E-state index contributed by atoms with van der Waals surface area (Å²) < 4.78 is 59.7. The molecule has 3 aromatic rings. The number of ether oxygens (including phenoxy) is 1. The Hall–Kier alpha value is -4.16. The molecule has 2 aromatic carbocycles. The average molecular weight is 553 g/mol. The molecule has 0 unspecified atom stereocenters. The number of esters is 1. The topological polar surface area (TPSA) is 135 Å². The molecule has 0 atom stereocenters. The number of alkyl halides is 3. The van der Waals surface area contributed by atoms with E-state index in [2.05, 4.69) is 20.8 Å². The molecule has 38 heavy (non-hydrogen) atoms. The first kappa shape index (κ1) is 30.1. The maximum atomic E-state index is 14.7. The van der Waals surface area contributed by atoms with Crippen LogP contribution in [0.25, 0.3) is 0 Å². The lowest BCUT2D eigenvalue weighted by Crippen LogP contribution is -2.21. The Balaban J connectivity index is 0.00000247. The fourth-order valence-electron chi connectivity index (χ4n) is 3.28. The third-order valence-electron chi connectivity index (χ3n) is 4.95. The van der Waals surface area contributed by atoms with Crippen LogP contribution < -0.4 is 11.1 Å². The molecule has 3 rings (SSSR count). The van der Waals surface area contributed by atoms with Gasteiger partial charge in [-0.05, 0) is 49.0 Å². The number of hydrogen-bond acceptors (Lipinski definition) is 7. The first-order valence-corrected chi connectivity index (χ1v) is 11.0. The van der Waals surface area contributed by atoms with Crippen LogP contribution in [0.4, 0.5) is 23.2 Å². The van der Waals surface area contributed by atoms with Gasteiger partial charge in [0.1, 0.15) is 17.8 Å². The number of methoxy groups -OCH3 is 1. The summed E-state index contributed by atoms with van der Waals surface area (Å²) in [5.41, 5.74) is 1.08. The number of nitrogens with two attached hydrogens (primary N) is 1. The van der Waals surface area contributed by atoms with Gasteiger partial charge in [0.05, 0.1) is 40.2 Å². The Kier molecular flexibility index (Phi) is 10.2. The highest BCUT2D eigenvalue weighted by atomic mass is 35.5. The second-order valence-electron chi connectivity index (χ2n) is 7.29. The molecule has 200 valence electrons. The molecular weight excluding hydrogens is 532 g/mol. The number of nitrogens with one attached hydrogen (secondary N) is 2. The fraction of sp³-hybridized carbons (Fsp3) is 0.160. The van der Waals surface area contributed by atoms with Gasteiger partial charge in [-0.3, -0.25) is 15.2 Å². The van der Waals surface area contributed by atoms with Crippen LogP contribution >= 0.6 is 11.6 Å². The van der Waals surface area contributed by atoms with Crippen molar-refractivity contribution in [3.05, 3.63) is 93.0 Å². The van der Waals surface area contributed by atoms with E-state index in [0.717, 1.165) is 31.4 Å². The maximum Gasteiger partial charge on any atom is 0.417 e. The smallest absolute Gasteiger partial charge is 0.417 e. The molecule has 0 spiro atoms. The van der Waals surface area contributed by atoms with E-state index in [1.165, 1.54) is 25.4 Å². The molecule has 0 saturated carbocycles. The highest BCUT2D eigenvalue weighted by Gasteiger charge is 2.36. The maximum absolute atomic E-state index is 14.7. The molecule has 0 aliphatic rings. The number of aromatic nitrogens is 1. The number of carbonyl (C=O) groups is 3. The van der Waals surface area contributed by atoms with Crippen molar-refractivity contribution < 1.29 is 36.7 Å². The molecule has 0 bridgehead atoms. The van der Waals surface area contributed by atoms with Crippen molar-refractivity contribution in [1.29, 1.82) is 5.41 Å². The molecule has 13 heteroatoms. The van der Waals surface area contributed by atoms with Gasteiger partial charge < -0.3 is 20.6 Å². The van der Waals surface area contributed by atoms with Crippen LogP contribution in [0.1, 0.15) is 43.1 Å². The molecule has 1 heterocycles. The van der Waals surface area contributed by atoms with Gasteiger partial charge in [0.2, 0.25) is 0 Å². The van der Waals surface area contributed by atoms with E-state index in [0.29, 0.717) is 12.4 Å². The number of aldehydes is 1. The highest BCUT2D eigenvalue weighted by molar-refractivity contribution is 6.34. The van der Waals surface area contributed by atoms with Gasteiger partial charge in [-0.2, -0.15) is 13.2 Å². The summed E-state index contributed by atoms with van der Waals surface area (Å²) in [7, 11) is 2.61. The number of benzene rings is 2. The Labute approximate surface area is 219 Å². The molecule has 1 amide bonds. The SMILES string of the molecule is CN.COC(=O)c1ccc(C(=N)c2ncc(CC=O)cc2NC(=O)c2c(Cl)cccc2C(F)(F)F)c(F)c1. The Morgan fingerprint density at radius 3 is 2.45 bits per heavy atom. The predicted octanol–water partition coefficient (Wildman–Crippen LogP) is 4.66. The van der Waals surface area contributed by atoms with Crippen molar-refractivity contribution in [2.24, 2.45) is 5.73 Å². The highest BCUT2D eigenvalue weighted by Crippen LogP contribution is 2.35. The summed E-state index contributed by atoms with van der Waals surface area (Å²) >= 11 is 5.90. The minimum atomic E-state index is -4.89. The van der Waals surface area contributed by atoms with Crippen LogP contribution in [-0.2, 0) is 22.1 Å². The Morgan fingerprint density at radius 2 is 1.87 bits per heavy atom. The largest absolute Gasteiger partial charge is 0.465 e. The van der Waals surface area contributed by atoms with E-state index in [9.17, 15) is 31.9 Å². The van der Waals surface area contributed by atoms with Crippen LogP contribution in [0.15, 0.2) is 48.7 Å². The molecule has 0 aliphatic carbocycles. The van der Waals surface area contributed by atoms with E-state index >= 15 is 0 Å². The predicted molar refractivity (Wildman–Crippen MR) is 132 cm³/mol. The van der Waals surface area contributed by atoms with E-state index in [-0.39, 0.29) is 34.5 Å². The lowest BCUT2D eigenvalue weighted by Gasteiger charge is -2.16. The van der Waals surface area contributed by atoms with E-state index < -0.39 is 45.7 Å². The van der Waals surface area contributed by atoms with Crippen LogP contribution in [0.2, 0.25) is 5.02 Å². The van der Waals surface area contributed by atoms with Crippen molar-refractivity contribution in [3.63, 3.8) is 0 Å². The zero-order valence-corrected chi connectivity index (χ0v) is 20.7. The quantitative estimate of drug-likeness (QED) is 0.169. The molecule has 1 aromatic heterocycles. The van der Waals surface area contributed by atoms with Gasteiger partial charge in [0, 0.05) is 18.2 Å². The summed E-state index contributed by atoms with van der Waals surface area (Å²) in [6.07, 6.45) is -3.30. The minimum absolute atomic E-state index is 0.118. The summed E-state index contributed by atoms with van der Waals surface area (Å²) in [5, 5.41) is 10.2. The zero-order chi connectivity index (χ0) is 28.6. The van der Waals surface area contributed by atoms with Crippen LogP contribution in [-0.4, -0.2) is 43.0 Å². The van der Waals surface area contributed by atoms with Gasteiger partial charge in [0.25, 0.3) is 5.91 Å². The number of rotatable bonds is 7. The van der Waals surface area contributed by atoms with E-state index in [4.69, 9.17) is 17.0 Å². The Morgan fingerprint density at radius 1 is 1.18 bits per heavy atom. The molecule has 0 aliphatic heterocycles. The first-order chi connectivity index (χ1) is 18.0. The third kappa shape index (κ3) is 6.78. The normalized spacial score (nSPS) is 10.6. The summed E-state index contributed by atoms with van der Waals surface area (Å²) in [5.74, 6) is -3.05. The number of nitrogens with zero attached hydrogens (tertiary/aromatic N) is 1. The standard InChI is InChI=1S/C24H16ClF4N3O4.CH5N/c1-36-23(35)13-5-6-14(17(26)10-13)20(30)21-18(9-12(7-8-33)11-31-21)32-22(34)19-15(24(27,28)29)3-2-4-16(19)25;1-2/h2-6,8-11,30H,7H2,1H3,(H,32,34);2H2,1H3. The van der Waals surface area contributed by atoms with Crippen molar-refractivity contribution in [3.8, 4) is 0 Å².